The van der Waals surface area contributed by atoms with Gasteiger partial charge in [0.2, 0.25) is 0 Å². The van der Waals surface area contributed by atoms with E-state index in [4.69, 9.17) is 15.2 Å². The van der Waals surface area contributed by atoms with Crippen molar-refractivity contribution in [1.82, 2.24) is 0 Å². The van der Waals surface area contributed by atoms with Crippen LogP contribution in [-0.4, -0.2) is 31.6 Å². The number of alkyl halides is 3. The zero-order valence-corrected chi connectivity index (χ0v) is 11.7. The summed E-state index contributed by atoms with van der Waals surface area (Å²) in [4.78, 5) is 0. The molecule has 0 amide bonds. The number of benzene rings is 1. The zero-order chi connectivity index (χ0) is 14.8. The second kappa shape index (κ2) is 5.98. The molecule has 0 saturated heterocycles. The van der Waals surface area contributed by atoms with E-state index in [-0.39, 0.29) is 11.3 Å². The van der Waals surface area contributed by atoms with Crippen molar-refractivity contribution in [2.45, 2.75) is 18.3 Å². The number of ether oxygens (including phenoxy) is 2. The smallest absolute Gasteiger partial charge is 0.416 e. The number of aliphatic hydroxyl groups is 1. The van der Waals surface area contributed by atoms with E-state index in [1.165, 1.54) is 26.4 Å². The van der Waals surface area contributed by atoms with E-state index >= 15 is 0 Å². The molecule has 0 aliphatic heterocycles. The van der Waals surface area contributed by atoms with Crippen LogP contribution in [0, 0.1) is 0 Å². The molecule has 2 atom stereocenters. The summed E-state index contributed by atoms with van der Waals surface area (Å²) in [5.41, 5.74) is 5.52. The Morgan fingerprint density at radius 3 is 2.11 bits per heavy atom. The van der Waals surface area contributed by atoms with E-state index in [1.807, 2.05) is 0 Å². The quantitative estimate of drug-likeness (QED) is 0.880. The van der Waals surface area contributed by atoms with E-state index in [1.54, 1.807) is 0 Å². The second-order valence-electron chi connectivity index (χ2n) is 3.74. The predicted octanol–water partition coefficient (Wildman–Crippen LogP) is 2.39. The van der Waals surface area contributed by atoms with Crippen molar-refractivity contribution in [3.63, 3.8) is 0 Å². The van der Waals surface area contributed by atoms with Crippen LogP contribution in [0.25, 0.3) is 0 Å². The maximum atomic E-state index is 12.4. The Morgan fingerprint density at radius 1 is 1.21 bits per heavy atom. The fourth-order valence-electron chi connectivity index (χ4n) is 1.50. The average molecular weight is 344 g/mol. The van der Waals surface area contributed by atoms with Crippen molar-refractivity contribution in [3.8, 4) is 11.5 Å². The van der Waals surface area contributed by atoms with Crippen LogP contribution < -0.4 is 15.2 Å². The van der Waals surface area contributed by atoms with Crippen LogP contribution in [0.2, 0.25) is 0 Å². The van der Waals surface area contributed by atoms with E-state index in [0.717, 1.165) is 0 Å². The van der Waals surface area contributed by atoms with Gasteiger partial charge in [0.1, 0.15) is 0 Å². The van der Waals surface area contributed by atoms with Gasteiger partial charge in [0.15, 0.2) is 17.6 Å². The third-order valence-electron chi connectivity index (χ3n) is 2.54. The Hall–Kier alpha value is -0.990. The highest BCUT2D eigenvalue weighted by atomic mass is 79.9. The fraction of sp³-hybridized carbons (Fsp3) is 0.455. The Labute approximate surface area is 116 Å². The van der Waals surface area contributed by atoms with Gasteiger partial charge >= 0.3 is 6.18 Å². The van der Waals surface area contributed by atoms with Crippen LogP contribution in [-0.2, 0) is 0 Å². The summed E-state index contributed by atoms with van der Waals surface area (Å²) in [6.07, 6.45) is -7.46. The largest absolute Gasteiger partial charge is 0.493 e. The molecule has 0 spiro atoms. The number of methoxy groups -OCH3 is 2. The molecule has 1 aromatic carbocycles. The molecule has 19 heavy (non-hydrogen) atoms. The summed E-state index contributed by atoms with van der Waals surface area (Å²) in [5, 5.41) is 9.18. The SMILES string of the molecule is COc1cc(Br)c([C@H](N)[C@H](O)C(F)(F)F)cc1OC. The van der Waals surface area contributed by atoms with Gasteiger partial charge in [-0.25, -0.2) is 0 Å². The van der Waals surface area contributed by atoms with Crippen LogP contribution in [0.5, 0.6) is 11.5 Å². The number of hydrogen-bond acceptors (Lipinski definition) is 4. The monoisotopic (exact) mass is 343 g/mol. The molecule has 0 bridgehead atoms. The van der Waals surface area contributed by atoms with Crippen molar-refractivity contribution >= 4 is 15.9 Å². The van der Waals surface area contributed by atoms with Crippen molar-refractivity contribution in [2.75, 3.05) is 14.2 Å². The molecule has 8 heteroatoms. The zero-order valence-electron chi connectivity index (χ0n) is 10.2. The van der Waals surface area contributed by atoms with Gasteiger partial charge in [0.05, 0.1) is 20.3 Å². The second-order valence-corrected chi connectivity index (χ2v) is 4.60. The summed E-state index contributed by atoms with van der Waals surface area (Å²) >= 11 is 3.09. The van der Waals surface area contributed by atoms with Crippen molar-refractivity contribution in [1.29, 1.82) is 0 Å². The van der Waals surface area contributed by atoms with Crippen molar-refractivity contribution in [2.24, 2.45) is 5.73 Å². The van der Waals surface area contributed by atoms with Gasteiger partial charge in [-0.15, -0.1) is 0 Å². The molecule has 3 N–H and O–H groups in total. The van der Waals surface area contributed by atoms with Gasteiger partial charge in [-0.3, -0.25) is 0 Å². The van der Waals surface area contributed by atoms with Crippen molar-refractivity contribution < 1.29 is 27.8 Å². The fourth-order valence-corrected chi connectivity index (χ4v) is 2.09. The highest BCUT2D eigenvalue weighted by Gasteiger charge is 2.43. The van der Waals surface area contributed by atoms with E-state index in [2.05, 4.69) is 15.9 Å². The lowest BCUT2D eigenvalue weighted by atomic mass is 10.0. The lowest BCUT2D eigenvalue weighted by Gasteiger charge is -2.23. The van der Waals surface area contributed by atoms with Gasteiger partial charge in [-0.2, -0.15) is 13.2 Å². The molecular weight excluding hydrogens is 331 g/mol. The van der Waals surface area contributed by atoms with E-state index in [9.17, 15) is 18.3 Å². The average Bonchev–Trinajstić information content (AvgIpc) is 2.35. The maximum Gasteiger partial charge on any atom is 0.416 e. The summed E-state index contributed by atoms with van der Waals surface area (Å²) in [5.74, 6) is 0.567. The molecule has 1 aromatic rings. The van der Waals surface area contributed by atoms with Gasteiger partial charge < -0.3 is 20.3 Å². The normalized spacial score (nSPS) is 14.9. The Balaban J connectivity index is 3.20. The molecule has 0 aromatic heterocycles. The van der Waals surface area contributed by atoms with Gasteiger partial charge in [-0.05, 0) is 17.7 Å². The molecule has 0 unspecified atom stereocenters. The number of rotatable bonds is 4. The molecule has 108 valence electrons. The molecule has 1 rings (SSSR count). The summed E-state index contributed by atoms with van der Waals surface area (Å²) in [7, 11) is 2.75. The van der Waals surface area contributed by atoms with Crippen LogP contribution >= 0.6 is 15.9 Å². The minimum atomic E-state index is -4.80. The van der Waals surface area contributed by atoms with Crippen LogP contribution in [0.4, 0.5) is 13.2 Å². The van der Waals surface area contributed by atoms with Gasteiger partial charge in [0, 0.05) is 4.47 Å². The molecule has 0 aliphatic rings. The highest BCUT2D eigenvalue weighted by Crippen LogP contribution is 2.38. The summed E-state index contributed by atoms with van der Waals surface area (Å²) in [6, 6.07) is 1.09. The lowest BCUT2D eigenvalue weighted by Crippen LogP contribution is -2.39. The lowest BCUT2D eigenvalue weighted by molar-refractivity contribution is -0.210. The predicted molar refractivity (Wildman–Crippen MR) is 66.2 cm³/mol. The number of halogens is 4. The third kappa shape index (κ3) is 3.52. The molecular formula is C11H13BrF3NO3. The van der Waals surface area contributed by atoms with E-state index < -0.39 is 18.3 Å². The molecule has 0 radical (unpaired) electrons. The van der Waals surface area contributed by atoms with E-state index in [0.29, 0.717) is 10.2 Å². The van der Waals surface area contributed by atoms with Crippen LogP contribution in [0.15, 0.2) is 16.6 Å². The first-order valence-electron chi connectivity index (χ1n) is 5.14. The Morgan fingerprint density at radius 2 is 1.68 bits per heavy atom. The van der Waals surface area contributed by atoms with Crippen LogP contribution in [0.3, 0.4) is 0 Å². The maximum absolute atomic E-state index is 12.4. The molecule has 0 heterocycles. The van der Waals surface area contributed by atoms with Gasteiger partial charge in [-0.1, -0.05) is 15.9 Å². The van der Waals surface area contributed by atoms with Crippen LogP contribution in [0.1, 0.15) is 11.6 Å². The minimum absolute atomic E-state index is 0.0717. The minimum Gasteiger partial charge on any atom is -0.493 e. The molecule has 0 aliphatic carbocycles. The molecule has 0 saturated carbocycles. The standard InChI is InChI=1S/C11H13BrF3NO3/c1-18-7-3-5(6(12)4-8(7)19-2)9(16)10(17)11(13,14)15/h3-4,9-10,17H,16H2,1-2H3/t9-,10-/m0/s1. The summed E-state index contributed by atoms with van der Waals surface area (Å²) in [6.45, 7) is 0. The first-order chi connectivity index (χ1) is 8.72. The molecule has 0 fully saturated rings. The topological polar surface area (TPSA) is 64.7 Å². The Bertz CT molecular complexity index is 454. The first-order valence-corrected chi connectivity index (χ1v) is 5.93. The number of nitrogens with two attached hydrogens (primary N) is 1. The number of aliphatic hydroxyl groups excluding tert-OH is 1. The third-order valence-corrected chi connectivity index (χ3v) is 3.22. The summed E-state index contributed by atoms with van der Waals surface area (Å²) < 4.78 is 47.6. The number of hydrogen-bond donors (Lipinski definition) is 2. The van der Waals surface area contributed by atoms with Gasteiger partial charge in [0.25, 0.3) is 0 Å². The van der Waals surface area contributed by atoms with Crippen molar-refractivity contribution in [3.05, 3.63) is 22.2 Å². The Kier molecular flexibility index (Phi) is 5.05. The molecule has 4 nitrogen and oxygen atoms in total. The highest BCUT2D eigenvalue weighted by molar-refractivity contribution is 9.10. The first kappa shape index (κ1) is 16.1.